The molecule has 0 aromatic heterocycles. The second-order valence-electron chi connectivity index (χ2n) is 3.84. The van der Waals surface area contributed by atoms with Crippen LogP contribution < -0.4 is 5.73 Å². The Balaban J connectivity index is 2.61. The van der Waals surface area contributed by atoms with Gasteiger partial charge in [0.1, 0.15) is 11.0 Å². The molecule has 0 bridgehead atoms. The van der Waals surface area contributed by atoms with E-state index in [4.69, 9.17) is 10.8 Å². The summed E-state index contributed by atoms with van der Waals surface area (Å²) in [6.07, 6.45) is 0.724. The third kappa shape index (κ3) is 4.67. The highest BCUT2D eigenvalue weighted by Gasteiger charge is 2.25. The van der Waals surface area contributed by atoms with Crippen LogP contribution in [0.4, 0.5) is 0 Å². The Morgan fingerprint density at radius 3 is 2.39 bits per heavy atom. The van der Waals surface area contributed by atoms with Crippen molar-refractivity contribution in [3.05, 3.63) is 35.9 Å². The molecule has 0 aliphatic carbocycles. The van der Waals surface area contributed by atoms with Crippen LogP contribution in [-0.4, -0.2) is 32.2 Å². The number of benzene rings is 1. The molecule has 2 unspecified atom stereocenters. The lowest BCUT2D eigenvalue weighted by Gasteiger charge is -2.11. The topological polar surface area (TPSA) is 97.5 Å². The van der Waals surface area contributed by atoms with E-state index < -0.39 is 33.7 Å². The molecule has 0 spiro atoms. The SMILES string of the molecule is NC(=O)CS(=O)C(CCc1ccccc1)C(=O)O. The second kappa shape index (κ2) is 6.90. The van der Waals surface area contributed by atoms with E-state index in [1.807, 2.05) is 30.3 Å². The number of carbonyl (C=O) groups excluding carboxylic acids is 1. The van der Waals surface area contributed by atoms with Crippen molar-refractivity contribution in [2.45, 2.75) is 18.1 Å². The highest BCUT2D eigenvalue weighted by Crippen LogP contribution is 2.10. The van der Waals surface area contributed by atoms with Gasteiger partial charge in [0, 0.05) is 10.8 Å². The van der Waals surface area contributed by atoms with Crippen LogP contribution in [0.2, 0.25) is 0 Å². The van der Waals surface area contributed by atoms with E-state index in [-0.39, 0.29) is 6.42 Å². The normalized spacial score (nSPS) is 13.8. The first-order chi connectivity index (χ1) is 8.50. The maximum Gasteiger partial charge on any atom is 0.319 e. The zero-order valence-electron chi connectivity index (χ0n) is 9.74. The Hall–Kier alpha value is -1.69. The summed E-state index contributed by atoms with van der Waals surface area (Å²) in [4.78, 5) is 21.6. The lowest BCUT2D eigenvalue weighted by molar-refractivity contribution is -0.136. The van der Waals surface area contributed by atoms with Gasteiger partial charge in [-0.2, -0.15) is 0 Å². The number of primary amides is 1. The van der Waals surface area contributed by atoms with Gasteiger partial charge in [-0.15, -0.1) is 0 Å². The maximum atomic E-state index is 11.6. The van der Waals surface area contributed by atoms with Crippen LogP contribution in [0.5, 0.6) is 0 Å². The predicted molar refractivity (Wildman–Crippen MR) is 68.4 cm³/mol. The van der Waals surface area contributed by atoms with Gasteiger partial charge in [0.25, 0.3) is 0 Å². The summed E-state index contributed by atoms with van der Waals surface area (Å²) in [5, 5.41) is 7.93. The first-order valence-electron chi connectivity index (χ1n) is 5.43. The molecule has 0 fully saturated rings. The summed E-state index contributed by atoms with van der Waals surface area (Å²) in [5.74, 6) is -2.32. The van der Waals surface area contributed by atoms with Crippen molar-refractivity contribution >= 4 is 22.7 Å². The molecular weight excluding hydrogens is 254 g/mol. The zero-order valence-corrected chi connectivity index (χ0v) is 10.6. The Morgan fingerprint density at radius 1 is 1.28 bits per heavy atom. The molecule has 1 rings (SSSR count). The first kappa shape index (κ1) is 14.4. The molecule has 98 valence electrons. The molecule has 3 N–H and O–H groups in total. The predicted octanol–water partition coefficient (Wildman–Crippen LogP) is 0.306. The number of carboxylic acid groups (broad SMARTS) is 1. The van der Waals surface area contributed by atoms with Gasteiger partial charge in [-0.05, 0) is 18.4 Å². The van der Waals surface area contributed by atoms with Crippen molar-refractivity contribution in [2.24, 2.45) is 5.73 Å². The van der Waals surface area contributed by atoms with Gasteiger partial charge in [-0.25, -0.2) is 0 Å². The summed E-state index contributed by atoms with van der Waals surface area (Å²) in [6.45, 7) is 0. The maximum absolute atomic E-state index is 11.6. The van der Waals surface area contributed by atoms with Crippen LogP contribution in [-0.2, 0) is 26.8 Å². The number of hydrogen-bond acceptors (Lipinski definition) is 3. The quantitative estimate of drug-likeness (QED) is 0.744. The molecule has 2 atom stereocenters. The summed E-state index contributed by atoms with van der Waals surface area (Å²) in [7, 11) is -1.77. The molecular formula is C12H15NO4S. The summed E-state index contributed by atoms with van der Waals surface area (Å²) in [6, 6.07) is 9.31. The lowest BCUT2D eigenvalue weighted by Crippen LogP contribution is -2.32. The van der Waals surface area contributed by atoms with Gasteiger partial charge in [0.2, 0.25) is 5.91 Å². The Bertz CT molecular complexity index is 447. The number of aliphatic carboxylic acids is 1. The smallest absolute Gasteiger partial charge is 0.319 e. The van der Waals surface area contributed by atoms with Crippen molar-refractivity contribution in [3.8, 4) is 0 Å². The highest BCUT2D eigenvalue weighted by molar-refractivity contribution is 7.87. The standard InChI is InChI=1S/C12H15NO4S/c13-11(14)8-18(17)10(12(15)16)7-6-9-4-2-1-3-5-9/h1-5,10H,6-8H2,(H2,13,14)(H,15,16). The molecule has 0 aliphatic heterocycles. The molecule has 0 saturated carbocycles. The van der Waals surface area contributed by atoms with Crippen molar-refractivity contribution in [3.63, 3.8) is 0 Å². The Kier molecular flexibility index (Phi) is 5.51. The molecule has 18 heavy (non-hydrogen) atoms. The average Bonchev–Trinajstić information content (AvgIpc) is 2.29. The molecule has 0 saturated heterocycles. The van der Waals surface area contributed by atoms with E-state index in [1.54, 1.807) is 0 Å². The second-order valence-corrected chi connectivity index (χ2v) is 5.46. The lowest BCUT2D eigenvalue weighted by atomic mass is 10.1. The minimum Gasteiger partial charge on any atom is -0.480 e. The van der Waals surface area contributed by atoms with Gasteiger partial charge >= 0.3 is 5.97 Å². The molecule has 0 radical (unpaired) electrons. The molecule has 5 nitrogen and oxygen atoms in total. The number of aryl methyl sites for hydroxylation is 1. The summed E-state index contributed by atoms with van der Waals surface area (Å²) in [5.41, 5.74) is 5.89. The van der Waals surface area contributed by atoms with Crippen LogP contribution in [0.25, 0.3) is 0 Å². The fourth-order valence-corrected chi connectivity index (χ4v) is 2.64. The number of rotatable bonds is 7. The van der Waals surface area contributed by atoms with E-state index >= 15 is 0 Å². The van der Waals surface area contributed by atoms with Crippen LogP contribution in [0.1, 0.15) is 12.0 Å². The number of amides is 1. The van der Waals surface area contributed by atoms with Gasteiger partial charge in [-0.1, -0.05) is 30.3 Å². The monoisotopic (exact) mass is 269 g/mol. The number of nitrogens with two attached hydrogens (primary N) is 1. The fourth-order valence-electron chi connectivity index (χ4n) is 1.55. The van der Waals surface area contributed by atoms with Crippen molar-refractivity contribution in [2.75, 3.05) is 5.75 Å². The van der Waals surface area contributed by atoms with Crippen molar-refractivity contribution in [1.29, 1.82) is 0 Å². The average molecular weight is 269 g/mol. The van der Waals surface area contributed by atoms with Crippen LogP contribution in [0, 0.1) is 0 Å². The summed E-state index contributed by atoms with van der Waals surface area (Å²) < 4.78 is 11.6. The Morgan fingerprint density at radius 2 is 1.89 bits per heavy atom. The van der Waals surface area contributed by atoms with Crippen molar-refractivity contribution in [1.82, 2.24) is 0 Å². The van der Waals surface area contributed by atoms with Gasteiger partial charge < -0.3 is 10.8 Å². The molecule has 1 aromatic rings. The number of carbonyl (C=O) groups is 2. The molecule has 0 aliphatic rings. The van der Waals surface area contributed by atoms with E-state index in [0.29, 0.717) is 6.42 Å². The third-order valence-corrected chi connectivity index (χ3v) is 4.06. The highest BCUT2D eigenvalue weighted by atomic mass is 32.2. The summed E-state index contributed by atoms with van der Waals surface area (Å²) >= 11 is 0. The van der Waals surface area contributed by atoms with Gasteiger partial charge in [-0.3, -0.25) is 13.8 Å². The largest absolute Gasteiger partial charge is 0.480 e. The molecule has 6 heteroatoms. The van der Waals surface area contributed by atoms with E-state index in [9.17, 15) is 13.8 Å². The number of hydrogen-bond donors (Lipinski definition) is 2. The van der Waals surface area contributed by atoms with E-state index in [1.165, 1.54) is 0 Å². The zero-order chi connectivity index (χ0) is 13.5. The van der Waals surface area contributed by atoms with E-state index in [0.717, 1.165) is 5.56 Å². The minimum atomic E-state index is -1.77. The van der Waals surface area contributed by atoms with Gasteiger partial charge in [0.05, 0.1) is 0 Å². The van der Waals surface area contributed by atoms with Crippen LogP contribution in [0.15, 0.2) is 30.3 Å². The van der Waals surface area contributed by atoms with E-state index in [2.05, 4.69) is 0 Å². The van der Waals surface area contributed by atoms with Crippen molar-refractivity contribution < 1.29 is 18.9 Å². The molecule has 1 aromatic carbocycles. The van der Waals surface area contributed by atoms with Crippen LogP contribution >= 0.6 is 0 Å². The molecule has 0 heterocycles. The fraction of sp³-hybridized carbons (Fsp3) is 0.333. The minimum absolute atomic E-state index is 0.221. The van der Waals surface area contributed by atoms with Gasteiger partial charge in [0.15, 0.2) is 0 Å². The third-order valence-electron chi connectivity index (χ3n) is 2.42. The number of carboxylic acids is 1. The first-order valence-corrected chi connectivity index (χ1v) is 6.81. The Labute approximate surface area is 107 Å². The van der Waals surface area contributed by atoms with Crippen LogP contribution in [0.3, 0.4) is 0 Å². The molecule has 1 amide bonds.